The second-order valence-corrected chi connectivity index (χ2v) is 7.77. The smallest absolute Gasteiger partial charge is 0.321 e. The number of rotatable bonds is 8. The van der Waals surface area contributed by atoms with E-state index in [2.05, 4.69) is 15.4 Å². The van der Waals surface area contributed by atoms with Crippen molar-refractivity contribution < 1.29 is 27.5 Å². The van der Waals surface area contributed by atoms with Crippen molar-refractivity contribution in [1.29, 1.82) is 0 Å². The Hall–Kier alpha value is -3.24. The number of hydrogen-bond acceptors (Lipinski definition) is 6. The third-order valence-corrected chi connectivity index (χ3v) is 5.18. The van der Waals surface area contributed by atoms with E-state index in [1.54, 1.807) is 12.1 Å². The molecular weight excluding hydrogens is 398 g/mol. The monoisotopic (exact) mass is 419 g/mol. The molecule has 0 aliphatic carbocycles. The molecule has 0 aliphatic rings. The number of benzene rings is 2. The molecule has 2 rings (SSSR count). The zero-order valence-electron chi connectivity index (χ0n) is 15.9. The molecule has 0 aliphatic heterocycles. The Kier molecular flexibility index (Phi) is 7.46. The summed E-state index contributed by atoms with van der Waals surface area (Å²) < 4.78 is 31.1. The minimum atomic E-state index is -3.86. The molecule has 0 unspecified atom stereocenters. The highest BCUT2D eigenvalue weighted by molar-refractivity contribution is 7.89. The van der Waals surface area contributed by atoms with Crippen molar-refractivity contribution >= 4 is 33.5 Å². The van der Waals surface area contributed by atoms with Gasteiger partial charge in [-0.15, -0.1) is 0 Å². The number of sulfonamides is 1. The summed E-state index contributed by atoms with van der Waals surface area (Å²) in [7, 11) is -2.35. The van der Waals surface area contributed by atoms with E-state index >= 15 is 0 Å². The minimum absolute atomic E-state index is 0.0221. The highest BCUT2D eigenvalue weighted by Crippen LogP contribution is 2.10. The van der Waals surface area contributed by atoms with Gasteiger partial charge in [-0.05, 0) is 43.3 Å². The first-order chi connectivity index (χ1) is 13.7. The molecule has 2 aromatic carbocycles. The number of carbonyl (C=O) groups excluding carboxylic acids is 3. The van der Waals surface area contributed by atoms with Crippen LogP contribution in [0.5, 0.6) is 0 Å². The number of ether oxygens (including phenoxy) is 1. The Labute approximate surface area is 168 Å². The Morgan fingerprint density at radius 1 is 0.966 bits per heavy atom. The van der Waals surface area contributed by atoms with Crippen molar-refractivity contribution in [2.75, 3.05) is 25.5 Å². The molecule has 0 radical (unpaired) electrons. The summed E-state index contributed by atoms with van der Waals surface area (Å²) in [4.78, 5) is 35.0. The first-order valence-corrected chi connectivity index (χ1v) is 10.0. The third-order valence-electron chi connectivity index (χ3n) is 3.76. The van der Waals surface area contributed by atoms with Crippen LogP contribution in [-0.2, 0) is 24.3 Å². The van der Waals surface area contributed by atoms with E-state index in [9.17, 15) is 22.8 Å². The molecule has 0 atom stereocenters. The number of amides is 2. The molecule has 9 nitrogen and oxygen atoms in total. The summed E-state index contributed by atoms with van der Waals surface area (Å²) in [5.74, 6) is -1.76. The maximum Gasteiger partial charge on any atom is 0.321 e. The fourth-order valence-electron chi connectivity index (χ4n) is 2.20. The molecule has 3 N–H and O–H groups in total. The van der Waals surface area contributed by atoms with E-state index in [1.165, 1.54) is 43.4 Å². The van der Waals surface area contributed by atoms with E-state index in [-0.39, 0.29) is 10.8 Å². The predicted octanol–water partition coefficient (Wildman–Crippen LogP) is 0.815. The highest BCUT2D eigenvalue weighted by Gasteiger charge is 2.16. The van der Waals surface area contributed by atoms with Crippen LogP contribution in [0.25, 0.3) is 0 Å². The fourth-order valence-corrected chi connectivity index (χ4v) is 3.17. The average Bonchev–Trinajstić information content (AvgIpc) is 2.71. The quantitative estimate of drug-likeness (QED) is 0.543. The van der Waals surface area contributed by atoms with Crippen molar-refractivity contribution in [3.8, 4) is 0 Å². The maximum atomic E-state index is 12.1. The van der Waals surface area contributed by atoms with Gasteiger partial charge in [0.15, 0.2) is 6.61 Å². The van der Waals surface area contributed by atoms with Crippen LogP contribution in [-0.4, -0.2) is 46.4 Å². The van der Waals surface area contributed by atoms with Gasteiger partial charge in [-0.3, -0.25) is 14.4 Å². The van der Waals surface area contributed by atoms with E-state index in [4.69, 9.17) is 4.74 Å². The van der Waals surface area contributed by atoms with Crippen LogP contribution < -0.4 is 15.4 Å². The molecule has 2 amide bonds. The molecule has 0 spiro atoms. The van der Waals surface area contributed by atoms with Gasteiger partial charge in [0, 0.05) is 18.3 Å². The van der Waals surface area contributed by atoms with Gasteiger partial charge in [0.05, 0.1) is 4.90 Å². The molecular formula is C19H21N3O6S. The number of nitrogens with one attached hydrogen (secondary N) is 3. The number of carbonyl (C=O) groups is 3. The van der Waals surface area contributed by atoms with Crippen LogP contribution in [0.15, 0.2) is 53.4 Å². The van der Waals surface area contributed by atoms with Crippen LogP contribution >= 0.6 is 0 Å². The van der Waals surface area contributed by atoms with Gasteiger partial charge in [-0.2, -0.15) is 4.72 Å². The summed E-state index contributed by atoms with van der Waals surface area (Å²) in [5, 5.41) is 4.98. The normalized spacial score (nSPS) is 10.8. The Bertz CT molecular complexity index is 986. The molecule has 154 valence electrons. The van der Waals surface area contributed by atoms with Crippen LogP contribution in [0.4, 0.5) is 5.69 Å². The van der Waals surface area contributed by atoms with Crippen LogP contribution in [0.3, 0.4) is 0 Å². The lowest BCUT2D eigenvalue weighted by Crippen LogP contribution is -2.32. The van der Waals surface area contributed by atoms with Crippen molar-refractivity contribution in [1.82, 2.24) is 10.0 Å². The third kappa shape index (κ3) is 6.70. The van der Waals surface area contributed by atoms with Gasteiger partial charge in [0.25, 0.3) is 11.8 Å². The van der Waals surface area contributed by atoms with E-state index in [1.807, 2.05) is 6.92 Å². The predicted molar refractivity (Wildman–Crippen MR) is 106 cm³/mol. The zero-order valence-corrected chi connectivity index (χ0v) is 16.7. The number of anilines is 1. The van der Waals surface area contributed by atoms with Crippen molar-refractivity contribution in [3.05, 3.63) is 59.7 Å². The topological polar surface area (TPSA) is 131 Å². The van der Waals surface area contributed by atoms with Gasteiger partial charge in [-0.25, -0.2) is 8.42 Å². The summed E-state index contributed by atoms with van der Waals surface area (Å²) in [6.45, 7) is 0.634. The highest BCUT2D eigenvalue weighted by atomic mass is 32.2. The van der Waals surface area contributed by atoms with Crippen LogP contribution in [0.1, 0.15) is 15.9 Å². The Morgan fingerprint density at radius 2 is 1.59 bits per heavy atom. The molecule has 29 heavy (non-hydrogen) atoms. The first-order valence-electron chi connectivity index (χ1n) is 8.55. The van der Waals surface area contributed by atoms with Gasteiger partial charge in [-0.1, -0.05) is 17.7 Å². The number of aryl methyl sites for hydroxylation is 1. The standard InChI is InChI=1S/C19H21N3O6S/c1-13-3-9-16(10-4-13)29(26,27)21-11-18(24)28-12-17(23)22-15-7-5-14(6-8-15)19(25)20-2/h3-10,21H,11-12H2,1-2H3,(H,20,25)(H,22,23). The molecule has 10 heteroatoms. The lowest BCUT2D eigenvalue weighted by Gasteiger charge is -2.09. The molecule has 0 aromatic heterocycles. The average molecular weight is 419 g/mol. The van der Waals surface area contributed by atoms with Crippen LogP contribution in [0, 0.1) is 6.92 Å². The van der Waals surface area contributed by atoms with E-state index < -0.39 is 35.1 Å². The summed E-state index contributed by atoms with van der Waals surface area (Å²) in [5.41, 5.74) is 1.74. The summed E-state index contributed by atoms with van der Waals surface area (Å²) >= 11 is 0. The van der Waals surface area contributed by atoms with Crippen molar-refractivity contribution in [2.45, 2.75) is 11.8 Å². The number of hydrogen-bond donors (Lipinski definition) is 3. The SMILES string of the molecule is CNC(=O)c1ccc(NC(=O)COC(=O)CNS(=O)(=O)c2ccc(C)cc2)cc1. The zero-order chi connectivity index (χ0) is 21.4. The van der Waals surface area contributed by atoms with E-state index in [0.717, 1.165) is 5.56 Å². The second kappa shape index (κ2) is 9.80. The molecule has 0 fully saturated rings. The summed E-state index contributed by atoms with van der Waals surface area (Å²) in [6.07, 6.45) is 0. The van der Waals surface area contributed by atoms with E-state index in [0.29, 0.717) is 11.3 Å². The van der Waals surface area contributed by atoms with Gasteiger partial charge in [0.2, 0.25) is 10.0 Å². The Morgan fingerprint density at radius 3 is 2.17 bits per heavy atom. The van der Waals surface area contributed by atoms with Gasteiger partial charge < -0.3 is 15.4 Å². The van der Waals surface area contributed by atoms with Crippen molar-refractivity contribution in [3.63, 3.8) is 0 Å². The molecule has 2 aromatic rings. The molecule has 0 saturated heterocycles. The van der Waals surface area contributed by atoms with Gasteiger partial charge in [0.1, 0.15) is 6.54 Å². The first kappa shape index (κ1) is 22.1. The molecule has 0 bridgehead atoms. The van der Waals surface area contributed by atoms with Crippen LogP contribution in [0.2, 0.25) is 0 Å². The molecule has 0 heterocycles. The lowest BCUT2D eigenvalue weighted by molar-refractivity contribution is -0.146. The maximum absolute atomic E-state index is 12.1. The minimum Gasteiger partial charge on any atom is -0.455 e. The Balaban J connectivity index is 1.79. The van der Waals surface area contributed by atoms with Gasteiger partial charge >= 0.3 is 5.97 Å². The fraction of sp³-hybridized carbons (Fsp3) is 0.211. The number of esters is 1. The second-order valence-electron chi connectivity index (χ2n) is 6.00. The molecule has 0 saturated carbocycles. The lowest BCUT2D eigenvalue weighted by atomic mass is 10.2. The summed E-state index contributed by atoms with van der Waals surface area (Å²) in [6, 6.07) is 12.2. The largest absolute Gasteiger partial charge is 0.455 e. The van der Waals surface area contributed by atoms with Crippen molar-refractivity contribution in [2.24, 2.45) is 0 Å².